The zero-order valence-corrected chi connectivity index (χ0v) is 16.4. The average molecular weight is 404 g/mol. The van der Waals surface area contributed by atoms with Gasteiger partial charge in [-0.3, -0.25) is 14.5 Å². The van der Waals surface area contributed by atoms with Crippen molar-refractivity contribution in [2.75, 3.05) is 20.1 Å². The van der Waals surface area contributed by atoms with Gasteiger partial charge < -0.3 is 10.2 Å². The monoisotopic (exact) mass is 404 g/mol. The summed E-state index contributed by atoms with van der Waals surface area (Å²) >= 11 is 0. The highest BCUT2D eigenvalue weighted by atomic mass is 16.2. The van der Waals surface area contributed by atoms with E-state index in [0.717, 1.165) is 16.2 Å². The minimum atomic E-state index is -0.900. The number of carbonyl (C=O) groups excluding carboxylic acids is 3. The predicted octanol–water partition coefficient (Wildman–Crippen LogP) is 1.55. The van der Waals surface area contributed by atoms with Gasteiger partial charge in [0.25, 0.3) is 11.8 Å². The molecule has 0 atom stereocenters. The van der Waals surface area contributed by atoms with Crippen molar-refractivity contribution in [1.82, 2.24) is 29.7 Å². The van der Waals surface area contributed by atoms with Crippen molar-refractivity contribution >= 4 is 23.5 Å². The Morgan fingerprint density at radius 3 is 2.50 bits per heavy atom. The van der Waals surface area contributed by atoms with Crippen molar-refractivity contribution in [2.24, 2.45) is 0 Å². The predicted molar refractivity (Wildman–Crippen MR) is 108 cm³/mol. The summed E-state index contributed by atoms with van der Waals surface area (Å²) in [6.45, 7) is 0.739. The number of likely N-dealkylation sites (N-methyl/N-ethyl adjacent to an activating group) is 1. The largest absolute Gasteiger partial charge is 0.338 e. The van der Waals surface area contributed by atoms with Gasteiger partial charge in [0.05, 0.1) is 11.9 Å². The minimum Gasteiger partial charge on any atom is -0.338 e. The van der Waals surface area contributed by atoms with E-state index in [2.05, 4.69) is 15.4 Å². The van der Waals surface area contributed by atoms with Crippen LogP contribution in [0.3, 0.4) is 0 Å². The molecule has 2 aromatic heterocycles. The van der Waals surface area contributed by atoms with Crippen LogP contribution >= 0.6 is 0 Å². The third-order valence-electron chi connectivity index (χ3n) is 5.97. The number of rotatable bonds is 2. The molecule has 0 bridgehead atoms. The third-order valence-corrected chi connectivity index (χ3v) is 5.97. The topological polar surface area (TPSA) is 99.9 Å². The molecule has 9 heteroatoms. The number of nitrogens with one attached hydrogen (secondary N) is 1. The zero-order chi connectivity index (χ0) is 20.9. The second-order valence-electron chi connectivity index (χ2n) is 7.66. The van der Waals surface area contributed by atoms with Crippen LogP contribution in [0.4, 0.5) is 4.79 Å². The Balaban J connectivity index is 1.40. The van der Waals surface area contributed by atoms with Crippen LogP contribution in [0.2, 0.25) is 0 Å². The molecule has 1 aromatic carbocycles. The Morgan fingerprint density at radius 1 is 1.10 bits per heavy atom. The highest BCUT2D eigenvalue weighted by Crippen LogP contribution is 2.30. The summed E-state index contributed by atoms with van der Waals surface area (Å²) in [4.78, 5) is 44.7. The van der Waals surface area contributed by atoms with Crippen LogP contribution in [0.5, 0.6) is 0 Å². The first kappa shape index (κ1) is 18.3. The molecule has 9 nitrogen and oxygen atoms in total. The van der Waals surface area contributed by atoms with Crippen LogP contribution in [-0.2, 0) is 4.79 Å². The summed E-state index contributed by atoms with van der Waals surface area (Å²) in [6.07, 6.45) is 3.98. The molecule has 2 aliphatic heterocycles. The maximum atomic E-state index is 13.2. The average Bonchev–Trinajstić information content (AvgIpc) is 3.30. The molecule has 30 heavy (non-hydrogen) atoms. The van der Waals surface area contributed by atoms with Crippen molar-refractivity contribution in [3.05, 3.63) is 54.4 Å². The van der Waals surface area contributed by atoms with Gasteiger partial charge in [-0.15, -0.1) is 0 Å². The maximum absolute atomic E-state index is 13.2. The van der Waals surface area contributed by atoms with E-state index in [4.69, 9.17) is 0 Å². The molecule has 1 N–H and O–H groups in total. The number of amides is 4. The number of nitrogens with zero attached hydrogens (tertiary/aromatic N) is 5. The number of aromatic nitrogens is 3. The Labute approximate surface area is 172 Å². The summed E-state index contributed by atoms with van der Waals surface area (Å²) in [6, 6.07) is 11.3. The molecule has 0 radical (unpaired) electrons. The Bertz CT molecular complexity index is 1160. The van der Waals surface area contributed by atoms with Crippen LogP contribution in [0.15, 0.2) is 48.8 Å². The molecule has 5 rings (SSSR count). The first-order valence-electron chi connectivity index (χ1n) is 9.78. The Kier molecular flexibility index (Phi) is 4.05. The van der Waals surface area contributed by atoms with Crippen LogP contribution in [0.1, 0.15) is 23.2 Å². The summed E-state index contributed by atoms with van der Waals surface area (Å²) < 4.78 is 1.67. The Hall–Kier alpha value is -3.75. The number of likely N-dealkylation sites (tertiary alicyclic amines) is 1. The fraction of sp³-hybridized carbons (Fsp3) is 0.286. The van der Waals surface area contributed by atoms with Gasteiger partial charge in [0, 0.05) is 31.9 Å². The fourth-order valence-corrected chi connectivity index (χ4v) is 4.23. The lowest BCUT2D eigenvalue weighted by Crippen LogP contribution is -2.55. The number of fused-ring (bicyclic) bond motifs is 1. The third kappa shape index (κ3) is 2.66. The van der Waals surface area contributed by atoms with E-state index in [1.807, 2.05) is 36.4 Å². The molecule has 2 aliphatic rings. The lowest BCUT2D eigenvalue weighted by Gasteiger charge is -2.37. The molecule has 2 fully saturated rings. The zero-order valence-electron chi connectivity index (χ0n) is 16.4. The minimum absolute atomic E-state index is 0.178. The number of hydrogen-bond acceptors (Lipinski definition) is 5. The molecule has 0 aliphatic carbocycles. The first-order valence-corrected chi connectivity index (χ1v) is 9.78. The number of benzene rings is 1. The second-order valence-corrected chi connectivity index (χ2v) is 7.66. The van der Waals surface area contributed by atoms with E-state index in [9.17, 15) is 14.4 Å². The smallest absolute Gasteiger partial charge is 0.324 e. The van der Waals surface area contributed by atoms with Gasteiger partial charge in [-0.1, -0.05) is 30.3 Å². The van der Waals surface area contributed by atoms with E-state index in [1.165, 1.54) is 13.2 Å². The van der Waals surface area contributed by atoms with Crippen molar-refractivity contribution in [2.45, 2.75) is 18.4 Å². The highest BCUT2D eigenvalue weighted by Gasteiger charge is 2.51. The number of imide groups is 1. The molecular formula is C21H20N6O3. The van der Waals surface area contributed by atoms with Gasteiger partial charge in [-0.25, -0.2) is 14.3 Å². The van der Waals surface area contributed by atoms with Gasteiger partial charge in [0.2, 0.25) is 0 Å². The molecule has 0 unspecified atom stereocenters. The number of carbonyl (C=O) groups is 3. The molecular weight excluding hydrogens is 384 g/mol. The van der Waals surface area contributed by atoms with E-state index in [0.29, 0.717) is 37.1 Å². The maximum Gasteiger partial charge on any atom is 0.324 e. The molecule has 4 heterocycles. The van der Waals surface area contributed by atoms with E-state index >= 15 is 0 Å². The second kappa shape index (κ2) is 6.65. The molecule has 3 aromatic rings. The summed E-state index contributed by atoms with van der Waals surface area (Å²) in [7, 11) is 1.47. The SMILES string of the molecule is CN1C(=O)NC2(CCN(C(=O)c3cnn4c(-c5ccccc5)ccnc34)CC2)C1=O. The quantitative estimate of drug-likeness (QED) is 0.654. The standard InChI is InChI=1S/C21H20N6O3/c1-25-19(29)21(24-20(25)30)8-11-26(12-9-21)18(28)15-13-23-27-16(7-10-22-17(15)27)14-5-3-2-4-6-14/h2-7,10,13H,8-9,11-12H2,1H3,(H,24,30). The van der Waals surface area contributed by atoms with Gasteiger partial charge in [-0.2, -0.15) is 5.10 Å². The normalized spacial score (nSPS) is 18.3. The highest BCUT2D eigenvalue weighted by molar-refractivity contribution is 6.07. The van der Waals surface area contributed by atoms with Crippen LogP contribution in [0, 0.1) is 0 Å². The van der Waals surface area contributed by atoms with Crippen molar-refractivity contribution in [1.29, 1.82) is 0 Å². The Morgan fingerprint density at radius 2 is 1.83 bits per heavy atom. The summed E-state index contributed by atoms with van der Waals surface area (Å²) in [5.41, 5.74) is 1.84. The lowest BCUT2D eigenvalue weighted by molar-refractivity contribution is -0.131. The fourth-order valence-electron chi connectivity index (χ4n) is 4.23. The lowest BCUT2D eigenvalue weighted by atomic mass is 9.87. The first-order chi connectivity index (χ1) is 14.5. The van der Waals surface area contributed by atoms with Gasteiger partial charge in [-0.05, 0) is 18.9 Å². The summed E-state index contributed by atoms with van der Waals surface area (Å²) in [5, 5.41) is 7.19. The van der Waals surface area contributed by atoms with Crippen molar-refractivity contribution in [3.8, 4) is 11.3 Å². The van der Waals surface area contributed by atoms with Gasteiger partial charge in [0.1, 0.15) is 11.1 Å². The molecule has 152 valence electrons. The van der Waals surface area contributed by atoms with Crippen LogP contribution in [-0.4, -0.2) is 67.9 Å². The van der Waals surface area contributed by atoms with Crippen molar-refractivity contribution < 1.29 is 14.4 Å². The van der Waals surface area contributed by atoms with E-state index < -0.39 is 5.54 Å². The van der Waals surface area contributed by atoms with E-state index in [-0.39, 0.29) is 17.8 Å². The number of urea groups is 1. The van der Waals surface area contributed by atoms with Gasteiger partial charge >= 0.3 is 6.03 Å². The molecule has 0 saturated carbocycles. The molecule has 4 amide bonds. The van der Waals surface area contributed by atoms with Crippen molar-refractivity contribution in [3.63, 3.8) is 0 Å². The molecule has 2 saturated heterocycles. The number of hydrogen-bond donors (Lipinski definition) is 1. The van der Waals surface area contributed by atoms with Crippen LogP contribution < -0.4 is 5.32 Å². The van der Waals surface area contributed by atoms with Gasteiger partial charge in [0.15, 0.2) is 5.65 Å². The van der Waals surface area contributed by atoms with Crippen LogP contribution in [0.25, 0.3) is 16.9 Å². The number of piperidine rings is 1. The van der Waals surface area contributed by atoms with E-state index in [1.54, 1.807) is 15.6 Å². The summed E-state index contributed by atoms with van der Waals surface area (Å²) in [5.74, 6) is -0.410. The molecule has 1 spiro atoms.